The predicted octanol–water partition coefficient (Wildman–Crippen LogP) is 3.67. The third kappa shape index (κ3) is 3.48. The zero-order valence-electron chi connectivity index (χ0n) is 14.2. The zero-order valence-corrected chi connectivity index (χ0v) is 14.9. The van der Waals surface area contributed by atoms with Gasteiger partial charge in [-0.25, -0.2) is 14.4 Å². The molecule has 2 heterocycles. The van der Waals surface area contributed by atoms with E-state index in [1.54, 1.807) is 18.5 Å². The topological polar surface area (TPSA) is 64.1 Å². The Morgan fingerprint density at radius 2 is 1.96 bits per heavy atom. The minimum absolute atomic E-state index is 0.0756. The number of hydrogen-bond donors (Lipinski definition) is 1. The summed E-state index contributed by atoms with van der Waals surface area (Å²) in [5.74, 6) is 0.0764. The van der Waals surface area contributed by atoms with E-state index in [-0.39, 0.29) is 23.2 Å². The molecule has 136 valence electrons. The van der Waals surface area contributed by atoms with Crippen molar-refractivity contribution >= 4 is 17.5 Å². The fraction of sp³-hybridized carbons (Fsp3) is 0.150. The number of aromatic nitrogens is 2. The Hall–Kier alpha value is -2.99. The lowest BCUT2D eigenvalue weighted by Crippen LogP contribution is -2.35. The van der Waals surface area contributed by atoms with Gasteiger partial charge in [-0.05, 0) is 29.8 Å². The molecule has 0 saturated heterocycles. The Bertz CT molecular complexity index is 978. The number of fused-ring (bicyclic) bond motifs is 1. The number of carbonyl (C=O) groups is 1. The summed E-state index contributed by atoms with van der Waals surface area (Å²) in [7, 11) is 0. The number of para-hydroxylation sites is 1. The molecule has 27 heavy (non-hydrogen) atoms. The van der Waals surface area contributed by atoms with Crippen LogP contribution in [0.25, 0.3) is 11.4 Å². The third-order valence-electron chi connectivity index (χ3n) is 4.32. The summed E-state index contributed by atoms with van der Waals surface area (Å²) >= 11 is 5.94. The summed E-state index contributed by atoms with van der Waals surface area (Å²) < 4.78 is 19.9. The number of nitrogens with one attached hydrogen (secondary N) is 1. The molecule has 1 aliphatic rings. The first-order valence-electron chi connectivity index (χ1n) is 8.41. The van der Waals surface area contributed by atoms with E-state index in [1.807, 2.05) is 18.2 Å². The zero-order chi connectivity index (χ0) is 18.8. The third-order valence-corrected chi connectivity index (χ3v) is 4.63. The van der Waals surface area contributed by atoms with Gasteiger partial charge in [0.1, 0.15) is 17.7 Å². The van der Waals surface area contributed by atoms with Crippen LogP contribution in [0.3, 0.4) is 0 Å². The number of amides is 1. The van der Waals surface area contributed by atoms with Gasteiger partial charge < -0.3 is 10.1 Å². The smallest absolute Gasteiger partial charge is 0.255 e. The second kappa shape index (κ2) is 7.32. The van der Waals surface area contributed by atoms with Crippen molar-refractivity contribution in [2.75, 3.05) is 6.54 Å². The maximum absolute atomic E-state index is 13.9. The molecule has 1 aromatic heterocycles. The van der Waals surface area contributed by atoms with Crippen LogP contribution in [0.15, 0.2) is 54.9 Å². The monoisotopic (exact) mass is 383 g/mol. The normalized spacial score (nSPS) is 15.1. The molecule has 2 aromatic carbocycles. The fourth-order valence-corrected chi connectivity index (χ4v) is 3.32. The number of benzene rings is 2. The molecular weight excluding hydrogens is 369 g/mol. The molecule has 5 nitrogen and oxygen atoms in total. The lowest BCUT2D eigenvalue weighted by molar-refractivity contribution is 0.0930. The van der Waals surface area contributed by atoms with E-state index in [0.717, 1.165) is 11.1 Å². The van der Waals surface area contributed by atoms with Gasteiger partial charge in [-0.1, -0.05) is 29.8 Å². The van der Waals surface area contributed by atoms with Crippen LogP contribution in [0.1, 0.15) is 15.9 Å². The number of nitrogens with zero attached hydrogens (tertiary/aromatic N) is 2. The Balaban J connectivity index is 1.47. The summed E-state index contributed by atoms with van der Waals surface area (Å²) in [5, 5.41) is 2.77. The van der Waals surface area contributed by atoms with Crippen molar-refractivity contribution in [2.24, 2.45) is 0 Å². The van der Waals surface area contributed by atoms with Gasteiger partial charge in [0.25, 0.3) is 5.91 Å². The van der Waals surface area contributed by atoms with Crippen molar-refractivity contribution in [3.05, 3.63) is 76.8 Å². The standard InChI is InChI=1S/C20H15ClFN3O2/c21-15-6-2-7-16(22)17(15)20(26)25-11-13-10-12-4-1-5-14(18(12)27-13)19-23-8-3-9-24-19/h1-9,13H,10-11H2,(H,25,26)/t13-/m0/s1. The highest BCUT2D eigenvalue weighted by Crippen LogP contribution is 2.37. The largest absolute Gasteiger partial charge is 0.487 e. The highest BCUT2D eigenvalue weighted by atomic mass is 35.5. The molecule has 0 bridgehead atoms. The van der Waals surface area contributed by atoms with Crippen LogP contribution < -0.4 is 10.1 Å². The van der Waals surface area contributed by atoms with Crippen molar-refractivity contribution in [3.8, 4) is 17.1 Å². The number of carbonyl (C=O) groups excluding carboxylic acids is 1. The van der Waals surface area contributed by atoms with E-state index < -0.39 is 11.7 Å². The molecule has 7 heteroatoms. The number of hydrogen-bond acceptors (Lipinski definition) is 4. The molecule has 0 saturated carbocycles. The molecule has 0 radical (unpaired) electrons. The fourth-order valence-electron chi connectivity index (χ4n) is 3.08. The number of halogens is 2. The van der Waals surface area contributed by atoms with E-state index in [2.05, 4.69) is 15.3 Å². The lowest BCUT2D eigenvalue weighted by atomic mass is 10.1. The Kier molecular flexibility index (Phi) is 4.73. The molecule has 1 aliphatic heterocycles. The first-order valence-corrected chi connectivity index (χ1v) is 8.79. The maximum Gasteiger partial charge on any atom is 0.255 e. The predicted molar refractivity (Wildman–Crippen MR) is 99.3 cm³/mol. The molecule has 0 spiro atoms. The van der Waals surface area contributed by atoms with E-state index in [0.29, 0.717) is 18.0 Å². The molecule has 4 rings (SSSR count). The second-order valence-electron chi connectivity index (χ2n) is 6.12. The van der Waals surface area contributed by atoms with Crippen LogP contribution in [0.4, 0.5) is 4.39 Å². The summed E-state index contributed by atoms with van der Waals surface area (Å²) in [5.41, 5.74) is 1.66. The Morgan fingerprint density at radius 3 is 2.74 bits per heavy atom. The van der Waals surface area contributed by atoms with Crippen LogP contribution in [0.2, 0.25) is 5.02 Å². The SMILES string of the molecule is O=C(NC[C@@H]1Cc2cccc(-c3ncccn3)c2O1)c1c(F)cccc1Cl. The summed E-state index contributed by atoms with van der Waals surface area (Å²) in [6, 6.07) is 11.7. The van der Waals surface area contributed by atoms with Crippen LogP contribution in [0.5, 0.6) is 5.75 Å². The van der Waals surface area contributed by atoms with E-state index in [1.165, 1.54) is 18.2 Å². The summed E-state index contributed by atoms with van der Waals surface area (Å²) in [4.78, 5) is 20.8. The van der Waals surface area contributed by atoms with Crippen molar-refractivity contribution in [1.29, 1.82) is 0 Å². The van der Waals surface area contributed by atoms with Gasteiger partial charge in [0.05, 0.1) is 22.7 Å². The van der Waals surface area contributed by atoms with Gasteiger partial charge in [0.2, 0.25) is 0 Å². The molecule has 0 aliphatic carbocycles. The molecule has 3 aromatic rings. The minimum Gasteiger partial charge on any atom is -0.487 e. The van der Waals surface area contributed by atoms with Gasteiger partial charge in [-0.3, -0.25) is 4.79 Å². The molecule has 0 unspecified atom stereocenters. The lowest BCUT2D eigenvalue weighted by Gasteiger charge is -2.14. The van der Waals surface area contributed by atoms with Gasteiger partial charge in [0, 0.05) is 18.8 Å². The average Bonchev–Trinajstić information content (AvgIpc) is 3.10. The van der Waals surface area contributed by atoms with E-state index >= 15 is 0 Å². The average molecular weight is 384 g/mol. The first kappa shape index (κ1) is 17.4. The highest BCUT2D eigenvalue weighted by molar-refractivity contribution is 6.33. The molecule has 0 fully saturated rings. The molecule has 1 amide bonds. The van der Waals surface area contributed by atoms with E-state index in [9.17, 15) is 9.18 Å². The maximum atomic E-state index is 13.9. The molecule has 1 atom stereocenters. The van der Waals surface area contributed by atoms with Crippen molar-refractivity contribution < 1.29 is 13.9 Å². The Morgan fingerprint density at radius 1 is 1.19 bits per heavy atom. The Labute approximate surface area is 160 Å². The first-order chi connectivity index (χ1) is 13.1. The van der Waals surface area contributed by atoms with Crippen LogP contribution >= 0.6 is 11.6 Å². The van der Waals surface area contributed by atoms with Gasteiger partial charge in [-0.2, -0.15) is 0 Å². The van der Waals surface area contributed by atoms with Crippen LogP contribution in [0, 0.1) is 5.82 Å². The summed E-state index contributed by atoms with van der Waals surface area (Å²) in [6.45, 7) is 0.229. The van der Waals surface area contributed by atoms with Gasteiger partial charge in [0.15, 0.2) is 5.82 Å². The van der Waals surface area contributed by atoms with Crippen LogP contribution in [-0.2, 0) is 6.42 Å². The number of ether oxygens (including phenoxy) is 1. The second-order valence-corrected chi connectivity index (χ2v) is 6.52. The van der Waals surface area contributed by atoms with Crippen LogP contribution in [-0.4, -0.2) is 28.5 Å². The molecule has 1 N–H and O–H groups in total. The van der Waals surface area contributed by atoms with Gasteiger partial charge in [-0.15, -0.1) is 0 Å². The highest BCUT2D eigenvalue weighted by Gasteiger charge is 2.27. The van der Waals surface area contributed by atoms with Gasteiger partial charge >= 0.3 is 0 Å². The summed E-state index contributed by atoms with van der Waals surface area (Å²) in [6.07, 6.45) is 3.71. The van der Waals surface area contributed by atoms with Crippen molar-refractivity contribution in [3.63, 3.8) is 0 Å². The molecular formula is C20H15ClFN3O2. The minimum atomic E-state index is -0.654. The van der Waals surface area contributed by atoms with Crippen molar-refractivity contribution in [1.82, 2.24) is 15.3 Å². The van der Waals surface area contributed by atoms with Crippen molar-refractivity contribution in [2.45, 2.75) is 12.5 Å². The quantitative estimate of drug-likeness (QED) is 0.746. The van der Waals surface area contributed by atoms with E-state index in [4.69, 9.17) is 16.3 Å². The number of rotatable bonds is 4.